The fourth-order valence-corrected chi connectivity index (χ4v) is 6.14. The second-order valence-corrected chi connectivity index (χ2v) is 10.8. The number of halogens is 4. The standard InChI is InChI=1S/C24H22F4N4O3S/c1-31-13-23(29-14-31)36(33,34)32-11-19(15-4-8-18(25)9-5-15)20(12-32)21-10-22(35-30-21)16-2-6-17(7-3-16)24(26,27)28/h2-9,13-14,19-20,22H,10-12H2,1H3/t19-,20+,22?/m1/s1. The van der Waals surface area contributed by atoms with Crippen molar-refractivity contribution >= 4 is 15.7 Å². The Morgan fingerprint density at radius 3 is 2.22 bits per heavy atom. The summed E-state index contributed by atoms with van der Waals surface area (Å²) >= 11 is 0. The normalized spacial score (nSPS) is 23.0. The summed E-state index contributed by atoms with van der Waals surface area (Å²) < 4.78 is 81.7. The highest BCUT2D eigenvalue weighted by Crippen LogP contribution is 2.41. The molecule has 36 heavy (non-hydrogen) atoms. The third kappa shape index (κ3) is 4.62. The van der Waals surface area contributed by atoms with Crippen molar-refractivity contribution in [2.75, 3.05) is 13.1 Å². The molecule has 2 aliphatic heterocycles. The van der Waals surface area contributed by atoms with E-state index in [-0.39, 0.29) is 30.0 Å². The van der Waals surface area contributed by atoms with Gasteiger partial charge in [-0.3, -0.25) is 0 Å². The Hall–Kier alpha value is -3.25. The minimum absolute atomic E-state index is 0.0734. The van der Waals surface area contributed by atoms with Crippen LogP contribution < -0.4 is 0 Å². The van der Waals surface area contributed by atoms with Crippen LogP contribution >= 0.6 is 0 Å². The Balaban J connectivity index is 1.40. The molecule has 190 valence electrons. The zero-order chi connectivity index (χ0) is 25.7. The van der Waals surface area contributed by atoms with Crippen LogP contribution in [0.5, 0.6) is 0 Å². The topological polar surface area (TPSA) is 76.8 Å². The summed E-state index contributed by atoms with van der Waals surface area (Å²) in [6.45, 7) is 0.252. The Bertz CT molecular complexity index is 1390. The molecule has 12 heteroatoms. The number of hydrogen-bond acceptors (Lipinski definition) is 5. The third-order valence-corrected chi connectivity index (χ3v) is 8.32. The van der Waals surface area contributed by atoms with Crippen LogP contribution in [0.2, 0.25) is 0 Å². The lowest BCUT2D eigenvalue weighted by atomic mass is 9.83. The first-order valence-electron chi connectivity index (χ1n) is 11.2. The van der Waals surface area contributed by atoms with Crippen LogP contribution in [0.15, 0.2) is 71.2 Å². The zero-order valence-corrected chi connectivity index (χ0v) is 19.9. The number of rotatable bonds is 5. The second-order valence-electron chi connectivity index (χ2n) is 8.96. The van der Waals surface area contributed by atoms with Crippen molar-refractivity contribution in [1.82, 2.24) is 13.9 Å². The van der Waals surface area contributed by atoms with E-state index in [2.05, 4.69) is 10.1 Å². The molecule has 0 radical (unpaired) electrons. The molecule has 1 aromatic heterocycles. The monoisotopic (exact) mass is 522 g/mol. The molecular formula is C24H22F4N4O3S. The van der Waals surface area contributed by atoms with Gasteiger partial charge in [-0.25, -0.2) is 17.8 Å². The average Bonchev–Trinajstić information content (AvgIpc) is 3.59. The van der Waals surface area contributed by atoms with Crippen LogP contribution in [0.1, 0.15) is 35.1 Å². The van der Waals surface area contributed by atoms with Crippen molar-refractivity contribution in [2.45, 2.75) is 29.6 Å². The van der Waals surface area contributed by atoms with E-state index in [0.717, 1.165) is 17.7 Å². The smallest absolute Gasteiger partial charge is 0.387 e. The van der Waals surface area contributed by atoms with Crippen LogP contribution in [0, 0.1) is 11.7 Å². The maximum Gasteiger partial charge on any atom is 0.416 e. The number of aromatic nitrogens is 2. The number of imidazole rings is 1. The fraction of sp³-hybridized carbons (Fsp3) is 0.333. The van der Waals surface area contributed by atoms with E-state index < -0.39 is 33.7 Å². The number of hydrogen-bond donors (Lipinski definition) is 0. The molecule has 7 nitrogen and oxygen atoms in total. The Morgan fingerprint density at radius 2 is 1.61 bits per heavy atom. The van der Waals surface area contributed by atoms with Gasteiger partial charge in [-0.15, -0.1) is 0 Å². The number of alkyl halides is 3. The van der Waals surface area contributed by atoms with Gasteiger partial charge in [-0.05, 0) is 35.4 Å². The first-order chi connectivity index (χ1) is 17.0. The molecule has 1 unspecified atom stereocenters. The molecule has 0 aliphatic carbocycles. The van der Waals surface area contributed by atoms with Gasteiger partial charge in [0.2, 0.25) is 0 Å². The van der Waals surface area contributed by atoms with Gasteiger partial charge in [0, 0.05) is 44.6 Å². The number of benzene rings is 2. The SMILES string of the molecule is Cn1cnc(S(=O)(=O)N2C[C@H](C3=NOC(c4ccc(C(F)(F)F)cc4)C3)[C@@H](c3ccc(F)cc3)C2)c1. The quantitative estimate of drug-likeness (QED) is 0.463. The molecule has 0 spiro atoms. The Labute approximate surface area is 205 Å². The number of sulfonamides is 1. The van der Waals surface area contributed by atoms with E-state index in [1.807, 2.05) is 0 Å². The van der Waals surface area contributed by atoms with Crippen LogP contribution in [-0.2, 0) is 28.1 Å². The van der Waals surface area contributed by atoms with E-state index in [1.165, 1.54) is 41.1 Å². The molecule has 0 bridgehead atoms. The lowest BCUT2D eigenvalue weighted by Crippen LogP contribution is -2.30. The number of nitrogens with zero attached hydrogens (tertiary/aromatic N) is 4. The molecule has 2 aliphatic rings. The molecule has 5 rings (SSSR count). The van der Waals surface area contributed by atoms with Gasteiger partial charge in [0.15, 0.2) is 11.1 Å². The van der Waals surface area contributed by atoms with Gasteiger partial charge < -0.3 is 9.40 Å². The van der Waals surface area contributed by atoms with E-state index in [1.54, 1.807) is 23.7 Å². The number of aryl methyl sites for hydroxylation is 1. The zero-order valence-electron chi connectivity index (χ0n) is 19.1. The molecule has 1 fully saturated rings. The summed E-state index contributed by atoms with van der Waals surface area (Å²) in [5.41, 5.74) is 1.14. The van der Waals surface area contributed by atoms with Gasteiger partial charge in [-0.1, -0.05) is 29.4 Å². The molecular weight excluding hydrogens is 500 g/mol. The number of oxime groups is 1. The van der Waals surface area contributed by atoms with Crippen molar-refractivity contribution in [1.29, 1.82) is 0 Å². The van der Waals surface area contributed by atoms with E-state index in [9.17, 15) is 26.0 Å². The van der Waals surface area contributed by atoms with Crippen LogP contribution in [0.4, 0.5) is 17.6 Å². The summed E-state index contributed by atoms with van der Waals surface area (Å²) in [6.07, 6.45) is -1.90. The predicted octanol–water partition coefficient (Wildman–Crippen LogP) is 4.50. The highest BCUT2D eigenvalue weighted by Gasteiger charge is 2.45. The van der Waals surface area contributed by atoms with Gasteiger partial charge >= 0.3 is 6.18 Å². The highest BCUT2D eigenvalue weighted by molar-refractivity contribution is 7.89. The van der Waals surface area contributed by atoms with Crippen LogP contribution in [0.25, 0.3) is 0 Å². The second kappa shape index (κ2) is 9.00. The third-order valence-electron chi connectivity index (χ3n) is 6.60. The molecule has 3 atom stereocenters. The Morgan fingerprint density at radius 1 is 0.972 bits per heavy atom. The maximum absolute atomic E-state index is 13.6. The molecule has 0 amide bonds. The highest BCUT2D eigenvalue weighted by atomic mass is 32.2. The first-order valence-corrected chi connectivity index (χ1v) is 12.6. The van der Waals surface area contributed by atoms with Gasteiger partial charge in [0.05, 0.1) is 17.6 Å². The minimum atomic E-state index is -4.44. The largest absolute Gasteiger partial charge is 0.416 e. The molecule has 0 saturated carbocycles. The van der Waals surface area contributed by atoms with Crippen molar-refractivity contribution in [3.8, 4) is 0 Å². The summed E-state index contributed by atoms with van der Waals surface area (Å²) in [4.78, 5) is 9.55. The molecule has 1 saturated heterocycles. The van der Waals surface area contributed by atoms with Crippen LogP contribution in [0.3, 0.4) is 0 Å². The molecule has 3 aromatic rings. The predicted molar refractivity (Wildman–Crippen MR) is 122 cm³/mol. The van der Waals surface area contributed by atoms with Gasteiger partial charge in [0.1, 0.15) is 5.82 Å². The van der Waals surface area contributed by atoms with Crippen molar-refractivity contribution in [3.63, 3.8) is 0 Å². The molecule has 0 N–H and O–H groups in total. The molecule has 2 aromatic carbocycles. The van der Waals surface area contributed by atoms with E-state index >= 15 is 0 Å². The fourth-order valence-electron chi connectivity index (χ4n) is 4.68. The maximum atomic E-state index is 13.6. The van der Waals surface area contributed by atoms with Crippen molar-refractivity contribution in [2.24, 2.45) is 18.1 Å². The van der Waals surface area contributed by atoms with Crippen molar-refractivity contribution < 1.29 is 30.8 Å². The summed E-state index contributed by atoms with van der Waals surface area (Å²) in [5, 5.41) is 4.14. The summed E-state index contributed by atoms with van der Waals surface area (Å²) in [6, 6.07) is 10.6. The summed E-state index contributed by atoms with van der Waals surface area (Å²) in [5.74, 6) is -1.10. The average molecular weight is 523 g/mol. The van der Waals surface area contributed by atoms with Gasteiger partial charge in [0.25, 0.3) is 10.0 Å². The lowest BCUT2D eigenvalue weighted by Gasteiger charge is -2.18. The van der Waals surface area contributed by atoms with Crippen molar-refractivity contribution in [3.05, 3.63) is 83.6 Å². The minimum Gasteiger partial charge on any atom is -0.387 e. The Kier molecular flexibility index (Phi) is 6.11. The van der Waals surface area contributed by atoms with E-state index in [4.69, 9.17) is 4.84 Å². The van der Waals surface area contributed by atoms with Crippen LogP contribution in [-0.4, -0.2) is 41.1 Å². The van der Waals surface area contributed by atoms with Gasteiger partial charge in [-0.2, -0.15) is 17.5 Å². The summed E-state index contributed by atoms with van der Waals surface area (Å²) in [7, 11) is -2.22. The lowest BCUT2D eigenvalue weighted by molar-refractivity contribution is -0.137. The first kappa shape index (κ1) is 24.4. The molecule has 3 heterocycles. The van der Waals surface area contributed by atoms with E-state index in [0.29, 0.717) is 17.7 Å².